The lowest BCUT2D eigenvalue weighted by molar-refractivity contribution is 0.0959. The van der Waals surface area contributed by atoms with Crippen LogP contribution in [0.3, 0.4) is 0 Å². The average molecular weight is 344 g/mol. The topological polar surface area (TPSA) is 115 Å². The molecule has 25 heavy (non-hydrogen) atoms. The summed E-state index contributed by atoms with van der Waals surface area (Å²) in [5.41, 5.74) is 12.2. The smallest absolute Gasteiger partial charge is 0.273 e. The van der Waals surface area contributed by atoms with Crippen molar-refractivity contribution in [2.45, 2.75) is 0 Å². The van der Waals surface area contributed by atoms with E-state index >= 15 is 0 Å². The molecule has 0 saturated carbocycles. The van der Waals surface area contributed by atoms with Crippen molar-refractivity contribution in [2.24, 2.45) is 0 Å². The third-order valence-electron chi connectivity index (χ3n) is 3.82. The number of aromatic nitrogens is 2. The number of rotatable bonds is 5. The van der Waals surface area contributed by atoms with Gasteiger partial charge in [-0.2, -0.15) is 0 Å². The second kappa shape index (κ2) is 7.67. The molecular formula is C16H20N6O3. The van der Waals surface area contributed by atoms with Crippen LogP contribution in [0.1, 0.15) is 10.4 Å². The van der Waals surface area contributed by atoms with Gasteiger partial charge in [0.1, 0.15) is 17.8 Å². The first kappa shape index (κ1) is 16.8. The molecule has 0 spiro atoms. The summed E-state index contributed by atoms with van der Waals surface area (Å²) < 4.78 is 10.5. The Labute approximate surface area is 145 Å². The number of nitrogens with one attached hydrogen (secondary N) is 2. The highest BCUT2D eigenvalue weighted by atomic mass is 16.5. The zero-order valence-corrected chi connectivity index (χ0v) is 13.9. The van der Waals surface area contributed by atoms with E-state index in [9.17, 15) is 4.79 Å². The Hall–Kier alpha value is -3.07. The molecule has 1 saturated heterocycles. The third kappa shape index (κ3) is 3.72. The van der Waals surface area contributed by atoms with Crippen molar-refractivity contribution in [3.05, 3.63) is 36.2 Å². The number of para-hydroxylation sites is 1. The number of carbonyl (C=O) groups is 1. The minimum Gasteiger partial charge on any atom is -0.496 e. The Balaban J connectivity index is 1.72. The average Bonchev–Trinajstić information content (AvgIpc) is 2.67. The summed E-state index contributed by atoms with van der Waals surface area (Å²) in [4.78, 5) is 22.7. The largest absolute Gasteiger partial charge is 0.496 e. The minimum absolute atomic E-state index is 0.333. The predicted molar refractivity (Wildman–Crippen MR) is 93.6 cm³/mol. The number of nitrogen functional groups attached to an aromatic ring is 1. The van der Waals surface area contributed by atoms with Gasteiger partial charge >= 0.3 is 0 Å². The zero-order chi connectivity index (χ0) is 17.6. The lowest BCUT2D eigenvalue weighted by Crippen LogP contribution is -2.37. The second-order valence-electron chi connectivity index (χ2n) is 5.34. The molecule has 1 aromatic heterocycles. The van der Waals surface area contributed by atoms with Gasteiger partial charge in [-0.05, 0) is 12.1 Å². The highest BCUT2D eigenvalue weighted by molar-refractivity contribution is 5.97. The molecule has 1 aliphatic heterocycles. The van der Waals surface area contributed by atoms with Crippen LogP contribution in [0.2, 0.25) is 0 Å². The summed E-state index contributed by atoms with van der Waals surface area (Å²) in [5.74, 6) is 1.07. The van der Waals surface area contributed by atoms with E-state index in [0.717, 1.165) is 0 Å². The van der Waals surface area contributed by atoms with E-state index in [2.05, 4.69) is 20.8 Å². The number of hydrazine groups is 1. The van der Waals surface area contributed by atoms with Crippen molar-refractivity contribution >= 4 is 23.2 Å². The standard InChI is InChI=1S/C16H20N6O3/c1-24-12-5-3-2-4-11(12)16(23)21-20-14-13(17)15(19-10-18-14)22-6-8-25-9-7-22/h2-5,10H,6-9,17H2,1H3,(H,21,23)(H,18,19,20). The first-order chi connectivity index (χ1) is 12.2. The maximum atomic E-state index is 12.3. The molecule has 1 fully saturated rings. The number of anilines is 3. The van der Waals surface area contributed by atoms with Gasteiger partial charge in [0.05, 0.1) is 25.9 Å². The Morgan fingerprint density at radius 2 is 2.04 bits per heavy atom. The highest BCUT2D eigenvalue weighted by Gasteiger charge is 2.18. The summed E-state index contributed by atoms with van der Waals surface area (Å²) in [5, 5.41) is 0. The van der Waals surface area contributed by atoms with Crippen LogP contribution in [-0.4, -0.2) is 49.3 Å². The Bertz CT molecular complexity index is 748. The van der Waals surface area contributed by atoms with Crippen LogP contribution in [0.25, 0.3) is 0 Å². The second-order valence-corrected chi connectivity index (χ2v) is 5.34. The molecule has 0 bridgehead atoms. The summed E-state index contributed by atoms with van der Waals surface area (Å²) in [7, 11) is 1.51. The lowest BCUT2D eigenvalue weighted by Gasteiger charge is -2.28. The first-order valence-corrected chi connectivity index (χ1v) is 7.83. The van der Waals surface area contributed by atoms with Gasteiger partial charge in [-0.1, -0.05) is 12.1 Å². The van der Waals surface area contributed by atoms with Crippen molar-refractivity contribution in [3.8, 4) is 5.75 Å². The van der Waals surface area contributed by atoms with Gasteiger partial charge in [0.15, 0.2) is 11.6 Å². The monoisotopic (exact) mass is 344 g/mol. The van der Waals surface area contributed by atoms with Gasteiger partial charge < -0.3 is 20.1 Å². The van der Waals surface area contributed by atoms with Gasteiger partial charge in [-0.15, -0.1) is 0 Å². The quantitative estimate of drug-likeness (QED) is 0.678. The number of methoxy groups -OCH3 is 1. The number of benzene rings is 1. The van der Waals surface area contributed by atoms with Crippen LogP contribution in [0.5, 0.6) is 5.75 Å². The van der Waals surface area contributed by atoms with Crippen molar-refractivity contribution in [3.63, 3.8) is 0 Å². The Morgan fingerprint density at radius 1 is 1.28 bits per heavy atom. The van der Waals surface area contributed by atoms with Crippen LogP contribution < -0.4 is 26.2 Å². The fourth-order valence-corrected chi connectivity index (χ4v) is 2.53. The van der Waals surface area contributed by atoms with E-state index in [0.29, 0.717) is 54.9 Å². The molecule has 0 atom stereocenters. The molecule has 0 unspecified atom stereocenters. The number of hydrogen-bond donors (Lipinski definition) is 3. The van der Waals surface area contributed by atoms with Crippen molar-refractivity contribution in [1.82, 2.24) is 15.4 Å². The summed E-state index contributed by atoms with van der Waals surface area (Å²) in [6, 6.07) is 6.93. The molecule has 1 aromatic carbocycles. The van der Waals surface area contributed by atoms with Crippen LogP contribution >= 0.6 is 0 Å². The fraction of sp³-hybridized carbons (Fsp3) is 0.312. The molecule has 9 heteroatoms. The molecule has 3 rings (SSSR count). The third-order valence-corrected chi connectivity index (χ3v) is 3.82. The zero-order valence-electron chi connectivity index (χ0n) is 13.9. The predicted octanol–water partition coefficient (Wildman–Crippen LogP) is 0.661. The van der Waals surface area contributed by atoms with E-state index in [1.54, 1.807) is 24.3 Å². The number of morpholine rings is 1. The van der Waals surface area contributed by atoms with Gasteiger partial charge in [0.25, 0.3) is 5.91 Å². The molecule has 1 amide bonds. The van der Waals surface area contributed by atoms with Gasteiger partial charge in [-0.25, -0.2) is 9.97 Å². The van der Waals surface area contributed by atoms with Crippen molar-refractivity contribution in [1.29, 1.82) is 0 Å². The number of hydrogen-bond acceptors (Lipinski definition) is 8. The molecule has 2 heterocycles. The summed E-state index contributed by atoms with van der Waals surface area (Å²) in [6.45, 7) is 2.65. The molecule has 132 valence electrons. The Kier molecular flexibility index (Phi) is 5.14. The molecule has 2 aromatic rings. The van der Waals surface area contributed by atoms with Crippen LogP contribution in [0, 0.1) is 0 Å². The summed E-state index contributed by atoms with van der Waals surface area (Å²) in [6.07, 6.45) is 1.40. The number of ether oxygens (including phenoxy) is 2. The van der Waals surface area contributed by atoms with Crippen molar-refractivity contribution < 1.29 is 14.3 Å². The van der Waals surface area contributed by atoms with Crippen molar-refractivity contribution in [2.75, 3.05) is 49.5 Å². The van der Waals surface area contributed by atoms with E-state index < -0.39 is 0 Å². The first-order valence-electron chi connectivity index (χ1n) is 7.83. The van der Waals surface area contributed by atoms with Gasteiger partial charge in [0, 0.05) is 13.1 Å². The lowest BCUT2D eigenvalue weighted by atomic mass is 10.2. The SMILES string of the molecule is COc1ccccc1C(=O)NNc1ncnc(N2CCOCC2)c1N. The fourth-order valence-electron chi connectivity index (χ4n) is 2.53. The Morgan fingerprint density at radius 3 is 2.80 bits per heavy atom. The molecule has 9 nitrogen and oxygen atoms in total. The number of nitrogens with zero attached hydrogens (tertiary/aromatic N) is 3. The van der Waals surface area contributed by atoms with Crippen LogP contribution in [0.4, 0.5) is 17.3 Å². The van der Waals surface area contributed by atoms with Gasteiger partial charge in [-0.3, -0.25) is 15.6 Å². The number of amides is 1. The van der Waals surface area contributed by atoms with E-state index in [-0.39, 0.29) is 5.91 Å². The molecule has 4 N–H and O–H groups in total. The molecule has 0 aliphatic carbocycles. The molecule has 0 radical (unpaired) electrons. The number of nitrogens with two attached hydrogens (primary N) is 1. The highest BCUT2D eigenvalue weighted by Crippen LogP contribution is 2.26. The van der Waals surface area contributed by atoms with E-state index in [1.165, 1.54) is 13.4 Å². The maximum Gasteiger partial charge on any atom is 0.273 e. The minimum atomic E-state index is -0.358. The molecular weight excluding hydrogens is 324 g/mol. The molecule has 1 aliphatic rings. The number of carbonyl (C=O) groups excluding carboxylic acids is 1. The van der Waals surface area contributed by atoms with Gasteiger partial charge in [0.2, 0.25) is 0 Å². The normalized spacial score (nSPS) is 14.0. The van der Waals surface area contributed by atoms with E-state index in [1.807, 2.05) is 4.90 Å². The maximum absolute atomic E-state index is 12.3. The van der Waals surface area contributed by atoms with Crippen LogP contribution in [-0.2, 0) is 4.74 Å². The van der Waals surface area contributed by atoms with E-state index in [4.69, 9.17) is 15.2 Å². The van der Waals surface area contributed by atoms with Crippen LogP contribution in [0.15, 0.2) is 30.6 Å². The summed E-state index contributed by atoms with van der Waals surface area (Å²) >= 11 is 0.